The molecule has 0 radical (unpaired) electrons. The number of phenols is 1. The molecule has 1 N–H and O–H groups in total. The van der Waals surface area contributed by atoms with Gasteiger partial charge in [0.25, 0.3) is 0 Å². The molecule has 2 nitrogen and oxygen atoms in total. The van der Waals surface area contributed by atoms with Crippen molar-refractivity contribution in [3.05, 3.63) is 29.8 Å². The van der Waals surface area contributed by atoms with Gasteiger partial charge in [-0.25, -0.2) is 0 Å². The molecular weight excluding hydrogens is 270 g/mol. The Bertz CT molecular complexity index is 448. The van der Waals surface area contributed by atoms with Gasteiger partial charge in [0, 0.05) is 6.54 Å². The van der Waals surface area contributed by atoms with Crippen LogP contribution in [-0.4, -0.2) is 30.6 Å². The molecule has 2 fully saturated rings. The third-order valence-corrected chi connectivity index (χ3v) is 5.17. The van der Waals surface area contributed by atoms with Crippen LogP contribution in [0.15, 0.2) is 24.3 Å². The van der Waals surface area contributed by atoms with E-state index in [2.05, 4.69) is 25.1 Å². The van der Waals surface area contributed by atoms with Crippen LogP contribution in [0.25, 0.3) is 0 Å². The molecule has 2 aliphatic carbocycles. The average molecular weight is 296 g/mol. The maximum atomic E-state index is 9.75. The van der Waals surface area contributed by atoms with E-state index < -0.39 is 0 Å². The Labute approximate surface area is 128 Å². The average Bonchev–Trinajstić information content (AvgIpc) is 2.75. The van der Waals surface area contributed by atoms with Gasteiger partial charge in [0.2, 0.25) is 0 Å². The lowest BCUT2D eigenvalue weighted by molar-refractivity contribution is 0.165. The summed E-state index contributed by atoms with van der Waals surface area (Å²) in [6, 6.07) is 7.96. The number of phenolic OH excluding ortho intramolecular Hbond substituents is 1. The number of rotatable bonds is 3. The van der Waals surface area contributed by atoms with Crippen LogP contribution in [0.5, 0.6) is 5.75 Å². The number of aromatic hydroxyl groups is 1. The van der Waals surface area contributed by atoms with Crippen LogP contribution in [0.1, 0.15) is 37.2 Å². The van der Waals surface area contributed by atoms with Crippen molar-refractivity contribution >= 4 is 12.4 Å². The van der Waals surface area contributed by atoms with Crippen molar-refractivity contribution in [3.63, 3.8) is 0 Å². The summed E-state index contributed by atoms with van der Waals surface area (Å²) in [4.78, 5) is 2.33. The van der Waals surface area contributed by atoms with Crippen LogP contribution >= 0.6 is 12.4 Å². The van der Waals surface area contributed by atoms with Gasteiger partial charge < -0.3 is 10.0 Å². The Morgan fingerprint density at radius 1 is 1.20 bits per heavy atom. The van der Waals surface area contributed by atoms with Crippen molar-refractivity contribution in [2.24, 2.45) is 17.8 Å². The zero-order valence-corrected chi connectivity index (χ0v) is 13.3. The fourth-order valence-corrected chi connectivity index (χ4v) is 4.42. The van der Waals surface area contributed by atoms with Crippen LogP contribution in [0.3, 0.4) is 0 Å². The molecule has 0 aliphatic heterocycles. The zero-order valence-electron chi connectivity index (χ0n) is 12.5. The molecule has 112 valence electrons. The van der Waals surface area contributed by atoms with Gasteiger partial charge >= 0.3 is 0 Å². The fraction of sp³-hybridized carbons (Fsp3) is 0.647. The van der Waals surface area contributed by atoms with Crippen LogP contribution in [0.2, 0.25) is 0 Å². The van der Waals surface area contributed by atoms with Gasteiger partial charge in [0.15, 0.2) is 0 Å². The molecule has 20 heavy (non-hydrogen) atoms. The van der Waals surface area contributed by atoms with Crippen molar-refractivity contribution in [1.29, 1.82) is 0 Å². The Kier molecular flexibility index (Phi) is 4.98. The summed E-state index contributed by atoms with van der Waals surface area (Å²) in [5, 5.41) is 9.75. The highest BCUT2D eigenvalue weighted by molar-refractivity contribution is 5.85. The van der Waals surface area contributed by atoms with E-state index >= 15 is 0 Å². The quantitative estimate of drug-likeness (QED) is 0.914. The minimum atomic E-state index is 0. The number of benzene rings is 1. The van der Waals surface area contributed by atoms with Crippen molar-refractivity contribution in [2.75, 3.05) is 20.6 Å². The lowest BCUT2D eigenvalue weighted by Gasteiger charge is -2.38. The van der Waals surface area contributed by atoms with E-state index in [1.807, 2.05) is 12.1 Å². The van der Waals surface area contributed by atoms with E-state index in [1.165, 1.54) is 37.8 Å². The number of hydrogen-bond acceptors (Lipinski definition) is 2. The van der Waals surface area contributed by atoms with Gasteiger partial charge in [-0.2, -0.15) is 0 Å². The molecular formula is C17H26ClNO. The number of hydrogen-bond donors (Lipinski definition) is 1. The summed E-state index contributed by atoms with van der Waals surface area (Å²) >= 11 is 0. The lowest BCUT2D eigenvalue weighted by Crippen LogP contribution is -2.34. The first-order valence-corrected chi connectivity index (χ1v) is 7.57. The molecule has 0 amide bonds. The molecule has 0 spiro atoms. The summed E-state index contributed by atoms with van der Waals surface area (Å²) in [7, 11) is 4.36. The molecule has 3 rings (SSSR count). The normalized spacial score (nSPS) is 32.1. The van der Waals surface area contributed by atoms with E-state index in [0.29, 0.717) is 11.7 Å². The Balaban J connectivity index is 0.00000147. The Morgan fingerprint density at radius 2 is 2.00 bits per heavy atom. The molecule has 0 heterocycles. The molecule has 2 aliphatic rings. The topological polar surface area (TPSA) is 23.5 Å². The van der Waals surface area contributed by atoms with Gasteiger partial charge in [-0.05, 0) is 74.7 Å². The highest BCUT2D eigenvalue weighted by atomic mass is 35.5. The van der Waals surface area contributed by atoms with Crippen molar-refractivity contribution in [1.82, 2.24) is 4.90 Å². The molecule has 1 aromatic carbocycles. The first-order valence-electron chi connectivity index (χ1n) is 7.57. The van der Waals surface area contributed by atoms with Crippen LogP contribution in [0, 0.1) is 17.8 Å². The van der Waals surface area contributed by atoms with E-state index in [9.17, 15) is 5.11 Å². The van der Waals surface area contributed by atoms with Crippen LogP contribution in [0.4, 0.5) is 0 Å². The monoisotopic (exact) mass is 295 g/mol. The molecule has 1 aromatic rings. The SMILES string of the molecule is CN(C)CC1C2CCC(C2)CC1c1cccc(O)c1.Cl. The minimum absolute atomic E-state index is 0. The molecule has 2 bridgehead atoms. The first-order chi connectivity index (χ1) is 9.13. The highest BCUT2D eigenvalue weighted by Gasteiger charge is 2.42. The third-order valence-electron chi connectivity index (χ3n) is 5.17. The Hall–Kier alpha value is -0.730. The Morgan fingerprint density at radius 3 is 2.70 bits per heavy atom. The summed E-state index contributed by atoms with van der Waals surface area (Å²) in [5.41, 5.74) is 1.35. The van der Waals surface area contributed by atoms with Gasteiger partial charge in [-0.1, -0.05) is 18.6 Å². The van der Waals surface area contributed by atoms with Gasteiger partial charge in [0.1, 0.15) is 5.75 Å². The molecule has 0 aromatic heterocycles. The smallest absolute Gasteiger partial charge is 0.115 e. The third kappa shape index (κ3) is 3.12. The highest BCUT2D eigenvalue weighted by Crippen LogP contribution is 2.52. The second-order valence-corrected chi connectivity index (χ2v) is 6.80. The van der Waals surface area contributed by atoms with E-state index in [1.54, 1.807) is 6.07 Å². The number of nitrogens with zero attached hydrogens (tertiary/aromatic N) is 1. The van der Waals surface area contributed by atoms with E-state index in [-0.39, 0.29) is 12.4 Å². The van der Waals surface area contributed by atoms with E-state index in [0.717, 1.165) is 17.8 Å². The summed E-state index contributed by atoms with van der Waals surface area (Å²) in [6.07, 6.45) is 5.59. The fourth-order valence-electron chi connectivity index (χ4n) is 4.42. The standard InChI is InChI=1S/C17H25NO.ClH/c1-18(2)11-17-14-7-6-12(8-14)9-16(17)13-4-3-5-15(19)10-13;/h3-5,10,12,14,16-17,19H,6-9,11H2,1-2H3;1H. The van der Waals surface area contributed by atoms with Crippen LogP contribution in [-0.2, 0) is 0 Å². The second-order valence-electron chi connectivity index (χ2n) is 6.80. The van der Waals surface area contributed by atoms with Gasteiger partial charge in [-0.3, -0.25) is 0 Å². The molecule has 0 saturated heterocycles. The number of halogens is 1. The zero-order chi connectivity index (χ0) is 13.4. The van der Waals surface area contributed by atoms with E-state index in [4.69, 9.17) is 0 Å². The summed E-state index contributed by atoms with van der Waals surface area (Å²) in [5.74, 6) is 3.64. The van der Waals surface area contributed by atoms with Crippen LogP contribution < -0.4 is 0 Å². The predicted molar refractivity (Wildman–Crippen MR) is 85.6 cm³/mol. The molecule has 3 heteroatoms. The van der Waals surface area contributed by atoms with Crippen molar-refractivity contribution in [2.45, 2.75) is 31.6 Å². The lowest BCUT2D eigenvalue weighted by atomic mass is 9.69. The van der Waals surface area contributed by atoms with Gasteiger partial charge in [0.05, 0.1) is 0 Å². The maximum Gasteiger partial charge on any atom is 0.115 e. The predicted octanol–water partition coefficient (Wildman–Crippen LogP) is 3.90. The minimum Gasteiger partial charge on any atom is -0.508 e. The summed E-state index contributed by atoms with van der Waals surface area (Å²) in [6.45, 7) is 1.18. The van der Waals surface area contributed by atoms with Crippen molar-refractivity contribution < 1.29 is 5.11 Å². The number of fused-ring (bicyclic) bond motifs is 2. The molecule has 4 unspecified atom stereocenters. The maximum absolute atomic E-state index is 9.75. The first kappa shape index (κ1) is 15.7. The summed E-state index contributed by atoms with van der Waals surface area (Å²) < 4.78 is 0. The molecule has 2 saturated carbocycles. The second kappa shape index (κ2) is 6.36. The largest absolute Gasteiger partial charge is 0.508 e. The molecule has 4 atom stereocenters. The van der Waals surface area contributed by atoms with Crippen molar-refractivity contribution in [3.8, 4) is 5.75 Å². The van der Waals surface area contributed by atoms with Gasteiger partial charge in [-0.15, -0.1) is 12.4 Å².